The quantitative estimate of drug-likeness (QED) is 0.676. The predicted molar refractivity (Wildman–Crippen MR) is 64.6 cm³/mol. The van der Waals surface area contributed by atoms with Crippen LogP contribution < -0.4 is 16.0 Å². The maximum Gasteiger partial charge on any atom is 0.281 e. The second kappa shape index (κ2) is 7.29. The molecule has 1 rings (SSSR count). The highest BCUT2D eigenvalue weighted by molar-refractivity contribution is 5.77. The topological polar surface area (TPSA) is 90.7 Å². The van der Waals surface area contributed by atoms with Crippen molar-refractivity contribution in [2.45, 2.75) is 13.3 Å². The summed E-state index contributed by atoms with van der Waals surface area (Å²) < 4.78 is 5.26. The van der Waals surface area contributed by atoms with E-state index in [1.54, 1.807) is 6.07 Å². The smallest absolute Gasteiger partial charge is 0.281 e. The maximum absolute atomic E-state index is 11.2. The summed E-state index contributed by atoms with van der Waals surface area (Å²) in [5, 5.41) is 0. The first-order chi connectivity index (χ1) is 8.61. The minimum Gasteiger partial charge on any atom is -0.484 e. The highest BCUT2D eigenvalue weighted by Gasteiger charge is 2.04. The first-order valence-electron chi connectivity index (χ1n) is 5.52. The molecule has 0 saturated carbocycles. The SMILES string of the molecule is CCc1cccc(OCC(=O)NOCC(N)=O)c1. The summed E-state index contributed by atoms with van der Waals surface area (Å²) in [4.78, 5) is 26.1. The second-order valence-corrected chi connectivity index (χ2v) is 3.57. The summed E-state index contributed by atoms with van der Waals surface area (Å²) in [6, 6.07) is 7.45. The lowest BCUT2D eigenvalue weighted by atomic mass is 10.2. The minimum absolute atomic E-state index is 0.189. The summed E-state index contributed by atoms with van der Waals surface area (Å²) in [5.41, 5.74) is 8.00. The van der Waals surface area contributed by atoms with E-state index < -0.39 is 11.8 Å². The Kier molecular flexibility index (Phi) is 5.66. The molecule has 0 unspecified atom stereocenters. The molecule has 0 fully saturated rings. The Bertz CT molecular complexity index is 420. The van der Waals surface area contributed by atoms with Crippen LogP contribution in [0.2, 0.25) is 0 Å². The molecule has 0 heterocycles. The molecule has 2 amide bonds. The number of rotatable bonds is 7. The summed E-state index contributed by atoms with van der Waals surface area (Å²) in [5.74, 6) is -0.538. The molecule has 0 aromatic heterocycles. The van der Waals surface area contributed by atoms with Gasteiger partial charge in [-0.15, -0.1) is 0 Å². The van der Waals surface area contributed by atoms with E-state index in [9.17, 15) is 9.59 Å². The van der Waals surface area contributed by atoms with E-state index in [4.69, 9.17) is 10.5 Å². The number of ether oxygens (including phenoxy) is 1. The number of carbonyl (C=O) groups excluding carboxylic acids is 2. The monoisotopic (exact) mass is 252 g/mol. The normalized spacial score (nSPS) is 9.83. The van der Waals surface area contributed by atoms with Crippen molar-refractivity contribution in [2.75, 3.05) is 13.2 Å². The van der Waals surface area contributed by atoms with Gasteiger partial charge in [-0.3, -0.25) is 14.4 Å². The summed E-state index contributed by atoms with van der Waals surface area (Å²) in [7, 11) is 0. The van der Waals surface area contributed by atoms with E-state index in [1.807, 2.05) is 30.6 Å². The zero-order valence-electron chi connectivity index (χ0n) is 10.1. The number of amides is 2. The van der Waals surface area contributed by atoms with Crippen molar-refractivity contribution in [2.24, 2.45) is 5.73 Å². The Balaban J connectivity index is 2.31. The first-order valence-corrected chi connectivity index (χ1v) is 5.52. The number of benzene rings is 1. The molecule has 0 aliphatic carbocycles. The van der Waals surface area contributed by atoms with Gasteiger partial charge in [-0.1, -0.05) is 19.1 Å². The standard InChI is InChI=1S/C12H16N2O4/c1-2-9-4-3-5-10(6-9)17-8-12(16)14-18-7-11(13)15/h3-6H,2,7-8H2,1H3,(H2,13,15)(H,14,16). The van der Waals surface area contributed by atoms with Crippen molar-refractivity contribution in [3.8, 4) is 5.75 Å². The second-order valence-electron chi connectivity index (χ2n) is 3.57. The van der Waals surface area contributed by atoms with Gasteiger partial charge in [-0.25, -0.2) is 5.48 Å². The van der Waals surface area contributed by atoms with E-state index in [0.29, 0.717) is 5.75 Å². The molecule has 1 aromatic rings. The van der Waals surface area contributed by atoms with Gasteiger partial charge in [0.25, 0.3) is 5.91 Å². The lowest BCUT2D eigenvalue weighted by Gasteiger charge is -2.07. The Hall–Kier alpha value is -2.08. The Labute approximate surface area is 105 Å². The fourth-order valence-corrected chi connectivity index (χ4v) is 1.22. The van der Waals surface area contributed by atoms with Crippen molar-refractivity contribution >= 4 is 11.8 Å². The molecule has 6 nitrogen and oxygen atoms in total. The van der Waals surface area contributed by atoms with Gasteiger partial charge < -0.3 is 10.5 Å². The van der Waals surface area contributed by atoms with E-state index in [0.717, 1.165) is 12.0 Å². The van der Waals surface area contributed by atoms with Gasteiger partial charge in [-0.2, -0.15) is 0 Å². The number of hydrogen-bond donors (Lipinski definition) is 2. The maximum atomic E-state index is 11.2. The van der Waals surface area contributed by atoms with Gasteiger partial charge in [0.05, 0.1) is 0 Å². The third kappa shape index (κ3) is 5.31. The Morgan fingerprint density at radius 3 is 2.78 bits per heavy atom. The molecular formula is C12H16N2O4. The summed E-state index contributed by atoms with van der Waals surface area (Å²) in [6.45, 7) is 1.48. The molecule has 0 atom stereocenters. The van der Waals surface area contributed by atoms with Gasteiger partial charge in [0.2, 0.25) is 5.91 Å². The fraction of sp³-hybridized carbons (Fsp3) is 0.333. The van der Waals surface area contributed by atoms with Gasteiger partial charge >= 0.3 is 0 Å². The van der Waals surface area contributed by atoms with Crippen LogP contribution in [0.3, 0.4) is 0 Å². The van der Waals surface area contributed by atoms with Crippen LogP contribution in [0.5, 0.6) is 5.75 Å². The molecule has 0 aliphatic heterocycles. The average Bonchev–Trinajstić information content (AvgIpc) is 2.36. The van der Waals surface area contributed by atoms with Crippen LogP contribution >= 0.6 is 0 Å². The summed E-state index contributed by atoms with van der Waals surface area (Å²) in [6.07, 6.45) is 0.894. The zero-order valence-corrected chi connectivity index (χ0v) is 10.1. The first kappa shape index (κ1) is 14.0. The molecule has 3 N–H and O–H groups in total. The van der Waals surface area contributed by atoms with Gasteiger partial charge in [0.1, 0.15) is 5.75 Å². The number of primary amides is 1. The zero-order chi connectivity index (χ0) is 13.4. The van der Waals surface area contributed by atoms with Crippen molar-refractivity contribution in [1.82, 2.24) is 5.48 Å². The van der Waals surface area contributed by atoms with Gasteiger partial charge in [0, 0.05) is 0 Å². The van der Waals surface area contributed by atoms with Crippen LogP contribution in [0, 0.1) is 0 Å². The molecule has 18 heavy (non-hydrogen) atoms. The molecule has 0 saturated heterocycles. The van der Waals surface area contributed by atoms with Crippen molar-refractivity contribution in [3.63, 3.8) is 0 Å². The number of hydroxylamine groups is 1. The van der Waals surface area contributed by atoms with E-state index >= 15 is 0 Å². The van der Waals surface area contributed by atoms with Gasteiger partial charge in [0.15, 0.2) is 13.2 Å². The van der Waals surface area contributed by atoms with Crippen LogP contribution in [0.4, 0.5) is 0 Å². The van der Waals surface area contributed by atoms with Crippen LogP contribution in [-0.4, -0.2) is 25.0 Å². The molecule has 0 bridgehead atoms. The number of carbonyl (C=O) groups is 2. The molecule has 6 heteroatoms. The Morgan fingerprint density at radius 1 is 1.33 bits per heavy atom. The molecule has 0 spiro atoms. The fourth-order valence-electron chi connectivity index (χ4n) is 1.22. The Morgan fingerprint density at radius 2 is 2.11 bits per heavy atom. The summed E-state index contributed by atoms with van der Waals surface area (Å²) >= 11 is 0. The molecule has 0 aliphatic rings. The average molecular weight is 252 g/mol. The van der Waals surface area contributed by atoms with E-state index in [2.05, 4.69) is 4.84 Å². The number of hydrogen-bond acceptors (Lipinski definition) is 4. The third-order valence-electron chi connectivity index (χ3n) is 2.08. The van der Waals surface area contributed by atoms with Crippen LogP contribution in [-0.2, 0) is 20.8 Å². The predicted octanol–water partition coefficient (Wildman–Crippen LogP) is 0.161. The van der Waals surface area contributed by atoms with Crippen LogP contribution in [0.1, 0.15) is 12.5 Å². The molecule has 0 radical (unpaired) electrons. The lowest BCUT2D eigenvalue weighted by molar-refractivity contribution is -0.139. The van der Waals surface area contributed by atoms with Crippen molar-refractivity contribution in [1.29, 1.82) is 0 Å². The molecule has 1 aromatic carbocycles. The van der Waals surface area contributed by atoms with E-state index in [-0.39, 0.29) is 13.2 Å². The largest absolute Gasteiger partial charge is 0.484 e. The number of aryl methyl sites for hydroxylation is 1. The highest BCUT2D eigenvalue weighted by Crippen LogP contribution is 2.13. The number of nitrogens with two attached hydrogens (primary N) is 1. The third-order valence-corrected chi connectivity index (χ3v) is 2.08. The molecular weight excluding hydrogens is 236 g/mol. The van der Waals surface area contributed by atoms with E-state index in [1.165, 1.54) is 0 Å². The van der Waals surface area contributed by atoms with Gasteiger partial charge in [-0.05, 0) is 24.1 Å². The molecule has 98 valence electrons. The van der Waals surface area contributed by atoms with Crippen molar-refractivity contribution in [3.05, 3.63) is 29.8 Å². The van der Waals surface area contributed by atoms with Crippen LogP contribution in [0.15, 0.2) is 24.3 Å². The minimum atomic E-state index is -0.660. The highest BCUT2D eigenvalue weighted by atomic mass is 16.7. The number of nitrogens with one attached hydrogen (secondary N) is 1. The van der Waals surface area contributed by atoms with Crippen LogP contribution in [0.25, 0.3) is 0 Å². The lowest BCUT2D eigenvalue weighted by Crippen LogP contribution is -2.32. The van der Waals surface area contributed by atoms with Crippen molar-refractivity contribution < 1.29 is 19.2 Å².